The molecule has 0 aromatic rings. The summed E-state index contributed by atoms with van der Waals surface area (Å²) in [7, 11) is 0. The number of unbranched alkanes of at least 4 members (excludes halogenated alkanes) is 2. The van der Waals surface area contributed by atoms with Gasteiger partial charge in [0.1, 0.15) is 0 Å². The van der Waals surface area contributed by atoms with E-state index < -0.39 is 0 Å². The summed E-state index contributed by atoms with van der Waals surface area (Å²) in [5.74, 6) is 1.92. The minimum atomic E-state index is 0.254. The van der Waals surface area contributed by atoms with Gasteiger partial charge in [0.05, 0.1) is 6.10 Å². The average molecular weight is 411 g/mol. The van der Waals surface area contributed by atoms with Crippen LogP contribution in [-0.4, -0.2) is 74.4 Å². The highest BCUT2D eigenvalue weighted by Gasteiger charge is 2.31. The van der Waals surface area contributed by atoms with Crippen molar-refractivity contribution >= 4 is 5.91 Å². The lowest BCUT2D eigenvalue weighted by molar-refractivity contribution is -0.138. The van der Waals surface area contributed by atoms with Gasteiger partial charge in [0, 0.05) is 51.9 Å². The van der Waals surface area contributed by atoms with E-state index in [0.29, 0.717) is 23.8 Å². The lowest BCUT2D eigenvalue weighted by atomic mass is 9.81. The smallest absolute Gasteiger partial charge is 0.225 e. The van der Waals surface area contributed by atoms with Crippen molar-refractivity contribution in [3.63, 3.8) is 0 Å². The summed E-state index contributed by atoms with van der Waals surface area (Å²) in [5.41, 5.74) is 0. The molecule has 5 heteroatoms. The Labute approximate surface area is 179 Å². The van der Waals surface area contributed by atoms with E-state index in [1.54, 1.807) is 0 Å². The third kappa shape index (κ3) is 9.80. The Morgan fingerprint density at radius 3 is 2.24 bits per heavy atom. The number of carbonyl (C=O) groups is 1. The first kappa shape index (κ1) is 24.6. The zero-order chi connectivity index (χ0) is 21.1. The fraction of sp³-hybridized carbons (Fsp3) is 0.958. The third-order valence-corrected chi connectivity index (χ3v) is 6.25. The molecule has 0 radical (unpaired) electrons. The van der Waals surface area contributed by atoms with Gasteiger partial charge in [-0.05, 0) is 77.2 Å². The van der Waals surface area contributed by atoms with Crippen LogP contribution in [0.5, 0.6) is 0 Å². The van der Waals surface area contributed by atoms with E-state index in [9.17, 15) is 4.79 Å². The zero-order valence-electron chi connectivity index (χ0n) is 19.5. The number of hydrogen-bond donors (Lipinski definition) is 0. The Hall–Kier alpha value is -0.650. The van der Waals surface area contributed by atoms with Gasteiger partial charge >= 0.3 is 0 Å². The van der Waals surface area contributed by atoms with E-state index in [-0.39, 0.29) is 5.92 Å². The van der Waals surface area contributed by atoms with E-state index >= 15 is 0 Å². The molecule has 5 nitrogen and oxygen atoms in total. The van der Waals surface area contributed by atoms with Gasteiger partial charge in [-0.3, -0.25) is 9.69 Å². The van der Waals surface area contributed by atoms with Crippen LogP contribution in [0.4, 0.5) is 0 Å². The molecule has 0 aromatic carbocycles. The molecule has 0 bridgehead atoms. The van der Waals surface area contributed by atoms with Crippen molar-refractivity contribution in [2.45, 2.75) is 78.7 Å². The van der Waals surface area contributed by atoms with Crippen molar-refractivity contribution in [1.82, 2.24) is 9.80 Å². The molecule has 1 amide bonds. The molecule has 0 N–H and O–H groups in total. The molecule has 170 valence electrons. The molecule has 0 spiro atoms. The van der Waals surface area contributed by atoms with Gasteiger partial charge in [-0.2, -0.15) is 0 Å². The molecule has 0 unspecified atom stereocenters. The molecular weight excluding hydrogens is 364 g/mol. The van der Waals surface area contributed by atoms with Gasteiger partial charge < -0.3 is 14.4 Å². The van der Waals surface area contributed by atoms with E-state index in [2.05, 4.69) is 37.5 Å². The van der Waals surface area contributed by atoms with Gasteiger partial charge in [-0.25, -0.2) is 0 Å². The first-order valence-electron chi connectivity index (χ1n) is 12.2. The van der Waals surface area contributed by atoms with Crippen molar-refractivity contribution in [3.05, 3.63) is 0 Å². The summed E-state index contributed by atoms with van der Waals surface area (Å²) in [5, 5.41) is 0. The summed E-state index contributed by atoms with van der Waals surface area (Å²) in [6.45, 7) is 16.2. The number of piperazine rings is 1. The Morgan fingerprint density at radius 2 is 1.62 bits per heavy atom. The molecule has 0 atom stereocenters. The highest BCUT2D eigenvalue weighted by Crippen LogP contribution is 2.30. The summed E-state index contributed by atoms with van der Waals surface area (Å²) in [4.78, 5) is 17.6. The van der Waals surface area contributed by atoms with Gasteiger partial charge in [0.2, 0.25) is 5.91 Å². The van der Waals surface area contributed by atoms with Crippen LogP contribution in [0.2, 0.25) is 0 Å². The van der Waals surface area contributed by atoms with Crippen LogP contribution in [0, 0.1) is 17.8 Å². The van der Waals surface area contributed by atoms with Crippen molar-refractivity contribution in [1.29, 1.82) is 0 Å². The highest BCUT2D eigenvalue weighted by molar-refractivity contribution is 5.79. The SMILES string of the molecule is CC(C)COCC1CCC(C(=O)N2CCN(CCCCCOC(C)C)CC2)CC1. The van der Waals surface area contributed by atoms with Crippen LogP contribution in [0.15, 0.2) is 0 Å². The fourth-order valence-electron chi connectivity index (χ4n) is 4.43. The minimum absolute atomic E-state index is 0.254. The van der Waals surface area contributed by atoms with Gasteiger partial charge in [0.25, 0.3) is 0 Å². The normalized spacial score (nSPS) is 23.9. The second-order valence-corrected chi connectivity index (χ2v) is 9.80. The lowest BCUT2D eigenvalue weighted by Gasteiger charge is -2.38. The molecular formula is C24H46N2O3. The number of rotatable bonds is 12. The van der Waals surface area contributed by atoms with Gasteiger partial charge in [-0.15, -0.1) is 0 Å². The monoisotopic (exact) mass is 410 g/mol. The summed E-state index contributed by atoms with van der Waals surface area (Å²) >= 11 is 0. The van der Waals surface area contributed by atoms with E-state index in [1.807, 2.05) is 0 Å². The molecule has 1 aliphatic heterocycles. The first-order valence-corrected chi connectivity index (χ1v) is 12.2. The molecule has 1 aliphatic carbocycles. The zero-order valence-corrected chi connectivity index (χ0v) is 19.5. The predicted molar refractivity (Wildman–Crippen MR) is 119 cm³/mol. The molecule has 2 fully saturated rings. The number of ether oxygens (including phenoxy) is 2. The molecule has 1 saturated heterocycles. The maximum absolute atomic E-state index is 12.9. The van der Waals surface area contributed by atoms with Crippen LogP contribution in [0.3, 0.4) is 0 Å². The molecule has 1 saturated carbocycles. The summed E-state index contributed by atoms with van der Waals surface area (Å²) in [6, 6.07) is 0. The topological polar surface area (TPSA) is 42.0 Å². The van der Waals surface area contributed by atoms with Crippen LogP contribution in [0.1, 0.15) is 72.6 Å². The van der Waals surface area contributed by atoms with Crippen molar-refractivity contribution in [3.8, 4) is 0 Å². The Kier molecular flexibility index (Phi) is 11.6. The molecule has 2 rings (SSSR count). The predicted octanol–water partition coefficient (Wildman–Crippen LogP) is 4.20. The molecule has 1 heterocycles. The Bertz CT molecular complexity index is 439. The Morgan fingerprint density at radius 1 is 0.931 bits per heavy atom. The summed E-state index contributed by atoms with van der Waals surface area (Å²) in [6.07, 6.45) is 8.36. The molecule has 0 aromatic heterocycles. The average Bonchev–Trinajstić information content (AvgIpc) is 2.70. The van der Waals surface area contributed by atoms with E-state index in [4.69, 9.17) is 9.47 Å². The van der Waals surface area contributed by atoms with Crippen molar-refractivity contribution < 1.29 is 14.3 Å². The largest absolute Gasteiger partial charge is 0.381 e. The number of nitrogens with zero attached hydrogens (tertiary/aromatic N) is 2. The van der Waals surface area contributed by atoms with Crippen LogP contribution >= 0.6 is 0 Å². The minimum Gasteiger partial charge on any atom is -0.381 e. The van der Waals surface area contributed by atoms with E-state index in [1.165, 1.54) is 12.8 Å². The second kappa shape index (κ2) is 13.6. The van der Waals surface area contributed by atoms with Crippen molar-refractivity contribution in [2.75, 3.05) is 52.5 Å². The van der Waals surface area contributed by atoms with Gasteiger partial charge in [0.15, 0.2) is 0 Å². The van der Waals surface area contributed by atoms with Crippen LogP contribution in [-0.2, 0) is 14.3 Å². The standard InChI is InChI=1S/C24H46N2O3/c1-20(2)18-28-19-22-8-10-23(11-9-22)24(27)26-15-13-25(14-16-26)12-6-5-7-17-29-21(3)4/h20-23H,5-19H2,1-4H3. The maximum atomic E-state index is 12.9. The van der Waals surface area contributed by atoms with Crippen LogP contribution in [0.25, 0.3) is 0 Å². The molecule has 29 heavy (non-hydrogen) atoms. The third-order valence-electron chi connectivity index (χ3n) is 6.25. The highest BCUT2D eigenvalue weighted by atomic mass is 16.5. The first-order chi connectivity index (χ1) is 14.0. The van der Waals surface area contributed by atoms with Crippen LogP contribution < -0.4 is 0 Å². The fourth-order valence-corrected chi connectivity index (χ4v) is 4.43. The Balaban J connectivity index is 1.54. The quantitative estimate of drug-likeness (QED) is 0.452. The van der Waals surface area contributed by atoms with Crippen molar-refractivity contribution in [2.24, 2.45) is 17.8 Å². The number of hydrogen-bond acceptors (Lipinski definition) is 4. The number of amides is 1. The number of carbonyl (C=O) groups excluding carboxylic acids is 1. The maximum Gasteiger partial charge on any atom is 0.225 e. The molecule has 2 aliphatic rings. The lowest BCUT2D eigenvalue weighted by Crippen LogP contribution is -2.50. The van der Waals surface area contributed by atoms with Gasteiger partial charge in [-0.1, -0.05) is 13.8 Å². The summed E-state index contributed by atoms with van der Waals surface area (Å²) < 4.78 is 11.4. The second-order valence-electron chi connectivity index (χ2n) is 9.80. The van der Waals surface area contributed by atoms with E-state index in [0.717, 1.165) is 84.6 Å².